The first-order valence-corrected chi connectivity index (χ1v) is 6.47. The van der Waals surface area contributed by atoms with Crippen LogP contribution in [0, 0.1) is 22.5 Å². The van der Waals surface area contributed by atoms with Gasteiger partial charge in [-0.3, -0.25) is 10.1 Å². The zero-order valence-electron chi connectivity index (χ0n) is 10.4. The second-order valence-corrected chi connectivity index (χ2v) is 4.96. The fraction of sp³-hybridized carbons (Fsp3) is 0.500. The average Bonchev–Trinajstić information content (AvgIpc) is 2.73. The van der Waals surface area contributed by atoms with Crippen LogP contribution in [0.5, 0.6) is 0 Å². The molecule has 1 rings (SSSR count). The molecule has 0 fully saturated rings. The minimum atomic E-state index is -0.711. The minimum absolute atomic E-state index is 0.0135. The third-order valence-corrected chi connectivity index (χ3v) is 3.74. The van der Waals surface area contributed by atoms with Gasteiger partial charge in [0.25, 0.3) is 0 Å². The van der Waals surface area contributed by atoms with Crippen LogP contribution in [0.4, 0.5) is 10.7 Å². The van der Waals surface area contributed by atoms with Gasteiger partial charge in [-0.1, -0.05) is 12.8 Å². The van der Waals surface area contributed by atoms with E-state index in [0.29, 0.717) is 23.0 Å². The van der Waals surface area contributed by atoms with Crippen molar-refractivity contribution in [2.45, 2.75) is 26.4 Å². The summed E-state index contributed by atoms with van der Waals surface area (Å²) in [6.07, 6.45) is 5.42. The van der Waals surface area contributed by atoms with E-state index in [1.54, 1.807) is 11.8 Å². The van der Waals surface area contributed by atoms with Crippen molar-refractivity contribution in [3.63, 3.8) is 0 Å². The van der Waals surface area contributed by atoms with Gasteiger partial charge >= 0.3 is 5.69 Å². The lowest BCUT2D eigenvalue weighted by Gasteiger charge is -2.18. The number of aliphatic hydroxyl groups is 1. The van der Waals surface area contributed by atoms with Crippen molar-refractivity contribution in [2.24, 2.45) is 0 Å². The fourth-order valence-electron chi connectivity index (χ4n) is 1.59. The largest absolute Gasteiger partial charge is 0.388 e. The summed E-state index contributed by atoms with van der Waals surface area (Å²) in [4.78, 5) is 13.0. The quantitative estimate of drug-likeness (QED) is 0.489. The smallest absolute Gasteiger partial charge is 0.304 e. The summed E-state index contributed by atoms with van der Waals surface area (Å²) < 4.78 is 0. The number of nitrogens with zero attached hydrogens (tertiary/aromatic N) is 2. The van der Waals surface area contributed by atoms with Gasteiger partial charge in [-0.2, -0.15) is 0 Å². The fourth-order valence-corrected chi connectivity index (χ4v) is 2.67. The molecule has 1 atom stereocenters. The van der Waals surface area contributed by atoms with Gasteiger partial charge in [0.2, 0.25) is 0 Å². The van der Waals surface area contributed by atoms with Crippen LogP contribution in [0.1, 0.15) is 31.2 Å². The van der Waals surface area contributed by atoms with Gasteiger partial charge in [-0.25, -0.2) is 0 Å². The first kappa shape index (κ1) is 14.5. The molecule has 0 spiro atoms. The maximum Gasteiger partial charge on any atom is 0.304 e. The number of nitro groups is 1. The van der Waals surface area contributed by atoms with Crippen molar-refractivity contribution in [1.29, 1.82) is 0 Å². The highest BCUT2D eigenvalue weighted by Gasteiger charge is 2.24. The minimum Gasteiger partial charge on any atom is -0.388 e. The molecule has 98 valence electrons. The lowest BCUT2D eigenvalue weighted by Crippen LogP contribution is -2.23. The Balaban J connectivity index is 3.18. The molecular formula is C12H16N2O3S. The number of rotatable bonds is 6. The third kappa shape index (κ3) is 3.22. The Morgan fingerprint density at radius 3 is 2.83 bits per heavy atom. The predicted octanol–water partition coefficient (Wildman–Crippen LogP) is 2.56. The molecule has 0 aromatic carbocycles. The maximum atomic E-state index is 11.0. The summed E-state index contributed by atoms with van der Waals surface area (Å²) in [6, 6.07) is 1.42. The molecule has 1 aromatic heterocycles. The Morgan fingerprint density at radius 1 is 1.72 bits per heavy atom. The average molecular weight is 268 g/mol. The summed E-state index contributed by atoms with van der Waals surface area (Å²) in [5.74, 6) is 2.50. The summed E-state index contributed by atoms with van der Waals surface area (Å²) in [5.41, 5.74) is 0.0135. The van der Waals surface area contributed by atoms with Crippen LogP contribution >= 0.6 is 11.3 Å². The second kappa shape index (κ2) is 6.38. The highest BCUT2D eigenvalue weighted by atomic mass is 32.1. The van der Waals surface area contributed by atoms with Gasteiger partial charge in [0.05, 0.1) is 17.6 Å². The number of hydrogen-bond acceptors (Lipinski definition) is 5. The topological polar surface area (TPSA) is 66.6 Å². The highest BCUT2D eigenvalue weighted by molar-refractivity contribution is 7.16. The normalized spacial score (nSPS) is 11.9. The van der Waals surface area contributed by atoms with Crippen molar-refractivity contribution in [3.8, 4) is 12.3 Å². The van der Waals surface area contributed by atoms with Gasteiger partial charge in [-0.05, 0) is 13.3 Å². The van der Waals surface area contributed by atoms with Gasteiger partial charge in [0.1, 0.15) is 0 Å². The molecule has 0 saturated carbocycles. The molecular weight excluding hydrogens is 252 g/mol. The van der Waals surface area contributed by atoms with E-state index in [0.717, 1.165) is 6.42 Å². The number of anilines is 1. The molecule has 0 aliphatic heterocycles. The molecule has 1 aromatic rings. The van der Waals surface area contributed by atoms with Crippen LogP contribution in [0.3, 0.4) is 0 Å². The Bertz CT molecular complexity index is 462. The highest BCUT2D eigenvalue weighted by Crippen LogP contribution is 2.40. The van der Waals surface area contributed by atoms with Crippen LogP contribution in [0.15, 0.2) is 6.07 Å². The summed E-state index contributed by atoms with van der Waals surface area (Å²) in [6.45, 7) is 4.56. The van der Waals surface area contributed by atoms with Crippen LogP contribution < -0.4 is 4.90 Å². The van der Waals surface area contributed by atoms with E-state index in [1.807, 2.05) is 6.92 Å². The molecule has 1 N–H and O–H groups in total. The number of thiophene rings is 1. The molecule has 0 radical (unpaired) electrons. The van der Waals surface area contributed by atoms with Gasteiger partial charge < -0.3 is 10.0 Å². The number of hydrogen-bond donors (Lipinski definition) is 1. The zero-order valence-corrected chi connectivity index (χ0v) is 11.2. The molecule has 18 heavy (non-hydrogen) atoms. The van der Waals surface area contributed by atoms with Crippen LogP contribution in [-0.2, 0) is 0 Å². The van der Waals surface area contributed by atoms with E-state index in [-0.39, 0.29) is 5.69 Å². The van der Waals surface area contributed by atoms with Gasteiger partial charge in [0.15, 0.2) is 5.00 Å². The summed E-state index contributed by atoms with van der Waals surface area (Å²) in [7, 11) is 0. The molecule has 1 heterocycles. The van der Waals surface area contributed by atoms with Gasteiger partial charge in [0, 0.05) is 17.5 Å². The third-order valence-electron chi connectivity index (χ3n) is 2.38. The summed E-state index contributed by atoms with van der Waals surface area (Å²) >= 11 is 1.22. The van der Waals surface area contributed by atoms with Crippen LogP contribution in [0.25, 0.3) is 0 Å². The molecule has 0 saturated heterocycles. The molecule has 0 bridgehead atoms. The monoisotopic (exact) mass is 268 g/mol. The predicted molar refractivity (Wildman–Crippen MR) is 72.9 cm³/mol. The Labute approximate surface area is 110 Å². The van der Waals surface area contributed by atoms with Crippen molar-refractivity contribution < 1.29 is 10.0 Å². The Kier molecular flexibility index (Phi) is 5.13. The van der Waals surface area contributed by atoms with Crippen LogP contribution in [0.2, 0.25) is 0 Å². The summed E-state index contributed by atoms with van der Waals surface area (Å²) in [5, 5.41) is 21.1. The van der Waals surface area contributed by atoms with E-state index >= 15 is 0 Å². The molecule has 5 nitrogen and oxygen atoms in total. The van der Waals surface area contributed by atoms with Gasteiger partial charge in [-0.15, -0.1) is 17.8 Å². The SMILES string of the molecule is C#CCN(CCC)c1sc([C@H](C)O)cc1[N+](=O)[O-]. The van der Waals surface area contributed by atoms with Crippen molar-refractivity contribution >= 4 is 22.0 Å². The number of aliphatic hydroxyl groups excluding tert-OH is 1. The van der Waals surface area contributed by atoms with Crippen molar-refractivity contribution in [3.05, 3.63) is 21.1 Å². The first-order valence-electron chi connectivity index (χ1n) is 5.65. The first-order chi connectivity index (χ1) is 8.51. The van der Waals surface area contributed by atoms with Crippen LogP contribution in [-0.4, -0.2) is 23.1 Å². The lowest BCUT2D eigenvalue weighted by atomic mass is 10.3. The number of terminal acetylenes is 1. The zero-order chi connectivity index (χ0) is 13.7. The lowest BCUT2D eigenvalue weighted by molar-refractivity contribution is -0.383. The molecule has 0 aliphatic carbocycles. The molecule has 0 aliphatic rings. The maximum absolute atomic E-state index is 11.0. The van der Waals surface area contributed by atoms with E-state index in [1.165, 1.54) is 17.4 Å². The van der Waals surface area contributed by atoms with E-state index < -0.39 is 11.0 Å². The van der Waals surface area contributed by atoms with Crippen molar-refractivity contribution in [1.82, 2.24) is 0 Å². The Hall–Kier alpha value is -1.58. The molecule has 0 amide bonds. The molecule has 6 heteroatoms. The standard InChI is InChI=1S/C12H16N2O3S/c1-4-6-13(7-5-2)12-10(14(16)17)8-11(18-12)9(3)15/h1,8-9,15H,5-7H2,2-3H3/t9-/m0/s1. The molecule has 0 unspecified atom stereocenters. The van der Waals surface area contributed by atoms with E-state index in [2.05, 4.69) is 5.92 Å². The van der Waals surface area contributed by atoms with E-state index in [9.17, 15) is 15.2 Å². The van der Waals surface area contributed by atoms with E-state index in [4.69, 9.17) is 6.42 Å². The van der Waals surface area contributed by atoms with Crippen molar-refractivity contribution in [2.75, 3.05) is 18.0 Å². The second-order valence-electron chi connectivity index (χ2n) is 3.90. The Morgan fingerprint density at radius 2 is 2.39 bits per heavy atom.